The highest BCUT2D eigenvalue weighted by Gasteiger charge is 2.24. The number of thiocarbonyl (C=S) groups is 1. The summed E-state index contributed by atoms with van der Waals surface area (Å²) in [4.78, 5) is 4.50. The molecule has 1 aromatic heterocycles. The van der Waals surface area contributed by atoms with Crippen molar-refractivity contribution in [2.24, 2.45) is 5.73 Å². The molecular formula is C13H19N3S2. The fourth-order valence-corrected chi connectivity index (χ4v) is 3.60. The normalized spacial score (nSPS) is 22.9. The van der Waals surface area contributed by atoms with Gasteiger partial charge >= 0.3 is 0 Å². The van der Waals surface area contributed by atoms with Crippen molar-refractivity contribution in [3.63, 3.8) is 0 Å². The number of thioether (sulfide) groups is 1. The predicted octanol–water partition coefficient (Wildman–Crippen LogP) is 2.80. The average Bonchev–Trinajstić information content (AvgIpc) is 2.77. The van der Waals surface area contributed by atoms with Gasteiger partial charge in [0.25, 0.3) is 0 Å². The van der Waals surface area contributed by atoms with Crippen molar-refractivity contribution >= 4 is 34.7 Å². The van der Waals surface area contributed by atoms with Crippen molar-refractivity contribution in [3.8, 4) is 0 Å². The minimum absolute atomic E-state index is 0.351. The number of nitrogens with two attached hydrogens (primary N) is 1. The van der Waals surface area contributed by atoms with E-state index in [1.807, 2.05) is 12.1 Å². The highest BCUT2D eigenvalue weighted by atomic mass is 32.2. The molecule has 0 amide bonds. The number of hydrogen-bond donors (Lipinski definition) is 2. The Morgan fingerprint density at radius 3 is 3.17 bits per heavy atom. The zero-order valence-corrected chi connectivity index (χ0v) is 12.2. The summed E-state index contributed by atoms with van der Waals surface area (Å²) in [5.74, 6) is 1.21. The Bertz CT molecular complexity index is 422. The van der Waals surface area contributed by atoms with Gasteiger partial charge in [-0.25, -0.2) is 0 Å². The van der Waals surface area contributed by atoms with Crippen LogP contribution in [0.4, 0.5) is 5.69 Å². The average molecular weight is 281 g/mol. The quantitative estimate of drug-likeness (QED) is 0.813. The third-order valence-electron chi connectivity index (χ3n) is 3.17. The van der Waals surface area contributed by atoms with Gasteiger partial charge in [-0.05, 0) is 37.1 Å². The largest absolute Gasteiger partial charge is 0.388 e. The minimum Gasteiger partial charge on any atom is -0.388 e. The van der Waals surface area contributed by atoms with Gasteiger partial charge in [0.15, 0.2) is 0 Å². The molecule has 5 heteroatoms. The SMILES string of the molecule is CCSC1CCC(Nc2ccnc(C(N)=S)c2)C1. The number of anilines is 1. The number of pyridine rings is 1. The molecule has 2 unspecified atom stereocenters. The van der Waals surface area contributed by atoms with Gasteiger partial charge in [0.05, 0.1) is 5.69 Å². The molecule has 1 aliphatic rings. The van der Waals surface area contributed by atoms with Crippen LogP contribution in [-0.2, 0) is 0 Å². The van der Waals surface area contributed by atoms with Crippen molar-refractivity contribution in [1.29, 1.82) is 0 Å². The lowest BCUT2D eigenvalue weighted by molar-refractivity contribution is 0.757. The van der Waals surface area contributed by atoms with E-state index >= 15 is 0 Å². The molecule has 0 radical (unpaired) electrons. The number of nitrogens with zero attached hydrogens (tertiary/aromatic N) is 1. The van der Waals surface area contributed by atoms with E-state index in [2.05, 4.69) is 29.0 Å². The highest BCUT2D eigenvalue weighted by Crippen LogP contribution is 2.31. The molecule has 18 heavy (non-hydrogen) atoms. The molecule has 2 atom stereocenters. The van der Waals surface area contributed by atoms with E-state index in [1.165, 1.54) is 25.0 Å². The lowest BCUT2D eigenvalue weighted by Gasteiger charge is -2.14. The van der Waals surface area contributed by atoms with Gasteiger partial charge < -0.3 is 11.1 Å². The highest BCUT2D eigenvalue weighted by molar-refractivity contribution is 7.99. The fourth-order valence-electron chi connectivity index (χ4n) is 2.35. The van der Waals surface area contributed by atoms with Gasteiger partial charge in [-0.2, -0.15) is 11.8 Å². The first-order chi connectivity index (χ1) is 8.69. The van der Waals surface area contributed by atoms with Gasteiger partial charge in [0, 0.05) is 23.2 Å². The van der Waals surface area contributed by atoms with E-state index in [1.54, 1.807) is 6.20 Å². The Labute approximate surface area is 118 Å². The summed E-state index contributed by atoms with van der Waals surface area (Å²) in [7, 11) is 0. The lowest BCUT2D eigenvalue weighted by Crippen LogP contribution is -2.17. The van der Waals surface area contributed by atoms with E-state index in [9.17, 15) is 0 Å². The Morgan fingerprint density at radius 1 is 1.61 bits per heavy atom. The summed E-state index contributed by atoms with van der Waals surface area (Å²) in [5.41, 5.74) is 7.35. The molecule has 0 aromatic carbocycles. The number of rotatable bonds is 5. The summed E-state index contributed by atoms with van der Waals surface area (Å²) in [6.45, 7) is 2.22. The molecule has 0 spiro atoms. The molecule has 0 saturated heterocycles. The zero-order valence-electron chi connectivity index (χ0n) is 10.6. The molecule has 0 bridgehead atoms. The Balaban J connectivity index is 1.94. The third kappa shape index (κ3) is 3.59. The van der Waals surface area contributed by atoms with Crippen LogP contribution in [0.15, 0.2) is 18.3 Å². The molecule has 1 fully saturated rings. The summed E-state index contributed by atoms with van der Waals surface area (Å²) < 4.78 is 0. The molecule has 2 rings (SSSR count). The van der Waals surface area contributed by atoms with E-state index in [4.69, 9.17) is 18.0 Å². The second-order valence-electron chi connectivity index (χ2n) is 4.53. The van der Waals surface area contributed by atoms with Gasteiger partial charge in [-0.1, -0.05) is 19.1 Å². The van der Waals surface area contributed by atoms with E-state index < -0.39 is 0 Å². The minimum atomic E-state index is 0.351. The Kier molecular flexibility index (Phi) is 4.83. The van der Waals surface area contributed by atoms with Crippen molar-refractivity contribution in [1.82, 2.24) is 4.98 Å². The van der Waals surface area contributed by atoms with Crippen LogP contribution in [0.1, 0.15) is 31.9 Å². The second kappa shape index (κ2) is 6.38. The van der Waals surface area contributed by atoms with E-state index in [-0.39, 0.29) is 0 Å². The van der Waals surface area contributed by atoms with Crippen LogP contribution in [0.3, 0.4) is 0 Å². The molecule has 3 N–H and O–H groups in total. The molecule has 3 nitrogen and oxygen atoms in total. The van der Waals surface area contributed by atoms with Crippen LogP contribution in [0.25, 0.3) is 0 Å². The lowest BCUT2D eigenvalue weighted by atomic mass is 10.2. The Morgan fingerprint density at radius 2 is 2.44 bits per heavy atom. The van der Waals surface area contributed by atoms with Gasteiger partial charge in [0.2, 0.25) is 0 Å². The first kappa shape index (κ1) is 13.6. The standard InChI is InChI=1S/C13H19N3S2/c1-2-18-11-4-3-9(7-11)16-10-5-6-15-12(8-10)13(14)17/h5-6,8-9,11H,2-4,7H2,1H3,(H2,14,17)(H,15,16). The summed E-state index contributed by atoms with van der Waals surface area (Å²) in [5, 5.41) is 4.37. The van der Waals surface area contributed by atoms with Crippen molar-refractivity contribution < 1.29 is 0 Å². The van der Waals surface area contributed by atoms with Crippen molar-refractivity contribution in [2.45, 2.75) is 37.5 Å². The second-order valence-corrected chi connectivity index (χ2v) is 6.54. The first-order valence-electron chi connectivity index (χ1n) is 6.33. The Hall–Kier alpha value is -0.810. The smallest absolute Gasteiger partial charge is 0.122 e. The van der Waals surface area contributed by atoms with Gasteiger partial charge in [-0.15, -0.1) is 0 Å². The topological polar surface area (TPSA) is 50.9 Å². The maximum Gasteiger partial charge on any atom is 0.122 e. The molecule has 1 aromatic rings. The van der Waals surface area contributed by atoms with E-state index in [0.717, 1.165) is 10.9 Å². The van der Waals surface area contributed by atoms with Crippen LogP contribution in [-0.4, -0.2) is 27.0 Å². The van der Waals surface area contributed by atoms with Crippen LogP contribution in [0.5, 0.6) is 0 Å². The molecule has 1 heterocycles. The first-order valence-corrected chi connectivity index (χ1v) is 7.78. The molecular weight excluding hydrogens is 262 g/mol. The monoisotopic (exact) mass is 281 g/mol. The maximum atomic E-state index is 5.59. The van der Waals surface area contributed by atoms with Crippen molar-refractivity contribution in [2.75, 3.05) is 11.1 Å². The third-order valence-corrected chi connectivity index (χ3v) is 4.61. The van der Waals surface area contributed by atoms with Crippen LogP contribution >= 0.6 is 24.0 Å². The molecule has 98 valence electrons. The summed E-state index contributed by atoms with van der Waals surface area (Å²) in [6, 6.07) is 4.47. The number of nitrogens with one attached hydrogen (secondary N) is 1. The van der Waals surface area contributed by atoms with E-state index in [0.29, 0.717) is 16.7 Å². The number of hydrogen-bond acceptors (Lipinski definition) is 4. The summed E-state index contributed by atoms with van der Waals surface area (Å²) in [6.07, 6.45) is 5.54. The van der Waals surface area contributed by atoms with Crippen molar-refractivity contribution in [3.05, 3.63) is 24.0 Å². The number of aromatic nitrogens is 1. The van der Waals surface area contributed by atoms with Crippen LogP contribution in [0, 0.1) is 0 Å². The molecule has 0 aliphatic heterocycles. The van der Waals surface area contributed by atoms with Crippen LogP contribution in [0.2, 0.25) is 0 Å². The maximum absolute atomic E-state index is 5.59. The molecule has 1 saturated carbocycles. The van der Waals surface area contributed by atoms with Gasteiger partial charge in [0.1, 0.15) is 4.99 Å². The fraction of sp³-hybridized carbons (Fsp3) is 0.538. The zero-order chi connectivity index (χ0) is 13.0. The van der Waals surface area contributed by atoms with Gasteiger partial charge in [-0.3, -0.25) is 4.98 Å². The molecule has 1 aliphatic carbocycles. The predicted molar refractivity (Wildman–Crippen MR) is 83.3 cm³/mol. The van der Waals surface area contributed by atoms with Crippen LogP contribution < -0.4 is 11.1 Å². The summed E-state index contributed by atoms with van der Waals surface area (Å²) >= 11 is 7.01.